The predicted octanol–water partition coefficient (Wildman–Crippen LogP) is 0.481. The number of nitrogens with zero attached hydrogens (tertiary/aromatic N) is 2. The van der Waals surface area contributed by atoms with Gasteiger partial charge >= 0.3 is 6.09 Å². The monoisotopic (exact) mass is 317 g/mol. The summed E-state index contributed by atoms with van der Waals surface area (Å²) in [6, 6.07) is 3.16. The van der Waals surface area contributed by atoms with Gasteiger partial charge in [0.25, 0.3) is 0 Å². The lowest BCUT2D eigenvalue weighted by atomic mass is 10.3. The number of ether oxygens (including phenoxy) is 1. The largest absolute Gasteiger partial charge is 0.453 e. The average Bonchev–Trinajstić information content (AvgIpc) is 2.46. The number of carbonyl (C=O) groups excluding carboxylic acids is 1. The zero-order chi connectivity index (χ0) is 15.6. The fourth-order valence-corrected chi connectivity index (χ4v) is 3.65. The standard InChI is InChI=1S/C12H16FN3O4S/c1-20-12(17)15-4-6-16(7-5-15)21(18,19)11-3-2-9(13)8-10(11)14/h2-3,8H,4-7,14H2,1H3. The minimum atomic E-state index is -3.80. The Labute approximate surface area is 122 Å². The van der Waals surface area contributed by atoms with Crippen LogP contribution in [0.4, 0.5) is 14.9 Å². The molecule has 0 atom stereocenters. The molecule has 0 radical (unpaired) electrons. The summed E-state index contributed by atoms with van der Waals surface area (Å²) in [5.74, 6) is -0.595. The number of benzene rings is 1. The molecule has 0 unspecified atom stereocenters. The van der Waals surface area contributed by atoms with Crippen LogP contribution in [0.1, 0.15) is 0 Å². The highest BCUT2D eigenvalue weighted by Gasteiger charge is 2.31. The number of piperazine rings is 1. The van der Waals surface area contributed by atoms with Gasteiger partial charge in [-0.05, 0) is 18.2 Å². The molecule has 9 heteroatoms. The first-order valence-electron chi connectivity index (χ1n) is 6.24. The van der Waals surface area contributed by atoms with Crippen molar-refractivity contribution >= 4 is 21.8 Å². The summed E-state index contributed by atoms with van der Waals surface area (Å²) in [6.07, 6.45) is -0.492. The lowest BCUT2D eigenvalue weighted by Crippen LogP contribution is -2.50. The van der Waals surface area contributed by atoms with Crippen LogP contribution in [0, 0.1) is 5.82 Å². The van der Waals surface area contributed by atoms with E-state index in [4.69, 9.17) is 5.73 Å². The molecular formula is C12H16FN3O4S. The maximum atomic E-state index is 13.0. The topological polar surface area (TPSA) is 92.9 Å². The third kappa shape index (κ3) is 3.08. The number of hydrogen-bond acceptors (Lipinski definition) is 5. The molecular weight excluding hydrogens is 301 g/mol. The highest BCUT2D eigenvalue weighted by atomic mass is 32.2. The van der Waals surface area contributed by atoms with E-state index in [1.54, 1.807) is 0 Å². The fourth-order valence-electron chi connectivity index (χ4n) is 2.13. The van der Waals surface area contributed by atoms with Crippen molar-refractivity contribution in [2.24, 2.45) is 0 Å². The van der Waals surface area contributed by atoms with Crippen LogP contribution in [-0.4, -0.2) is 57.0 Å². The van der Waals surface area contributed by atoms with Crippen molar-refractivity contribution in [2.75, 3.05) is 39.0 Å². The van der Waals surface area contributed by atoms with Crippen molar-refractivity contribution in [3.05, 3.63) is 24.0 Å². The van der Waals surface area contributed by atoms with Crippen molar-refractivity contribution < 1.29 is 22.3 Å². The van der Waals surface area contributed by atoms with Crippen LogP contribution in [-0.2, 0) is 14.8 Å². The molecule has 1 fully saturated rings. The zero-order valence-corrected chi connectivity index (χ0v) is 12.3. The molecule has 21 heavy (non-hydrogen) atoms. The molecule has 0 aromatic heterocycles. The Kier molecular flexibility index (Phi) is 4.33. The average molecular weight is 317 g/mol. The number of nitrogens with two attached hydrogens (primary N) is 1. The molecule has 1 aromatic rings. The first kappa shape index (κ1) is 15.5. The first-order valence-corrected chi connectivity index (χ1v) is 7.68. The number of amides is 1. The van der Waals surface area contributed by atoms with E-state index in [9.17, 15) is 17.6 Å². The molecule has 0 saturated carbocycles. The summed E-state index contributed by atoms with van der Waals surface area (Å²) in [6.45, 7) is 0.725. The maximum absolute atomic E-state index is 13.0. The number of hydrogen-bond donors (Lipinski definition) is 1. The number of carbonyl (C=O) groups is 1. The molecule has 1 amide bonds. The summed E-state index contributed by atoms with van der Waals surface area (Å²) >= 11 is 0. The smallest absolute Gasteiger partial charge is 0.409 e. The van der Waals surface area contributed by atoms with E-state index in [2.05, 4.69) is 4.74 Å². The van der Waals surface area contributed by atoms with E-state index in [1.165, 1.54) is 16.3 Å². The SMILES string of the molecule is COC(=O)N1CCN(S(=O)(=O)c2ccc(F)cc2N)CC1. The van der Waals surface area contributed by atoms with Gasteiger partial charge in [0.05, 0.1) is 12.8 Å². The quantitative estimate of drug-likeness (QED) is 0.801. The van der Waals surface area contributed by atoms with Gasteiger partial charge in [0.1, 0.15) is 10.7 Å². The minimum absolute atomic E-state index is 0.129. The minimum Gasteiger partial charge on any atom is -0.453 e. The molecule has 1 saturated heterocycles. The van der Waals surface area contributed by atoms with Gasteiger partial charge in [0.15, 0.2) is 0 Å². The van der Waals surface area contributed by atoms with E-state index in [-0.39, 0.29) is 36.8 Å². The van der Waals surface area contributed by atoms with E-state index in [0.29, 0.717) is 0 Å². The second-order valence-electron chi connectivity index (χ2n) is 4.54. The molecule has 0 spiro atoms. The Morgan fingerprint density at radius 3 is 2.43 bits per heavy atom. The molecule has 116 valence electrons. The Hall–Kier alpha value is -1.87. The second-order valence-corrected chi connectivity index (χ2v) is 6.45. The van der Waals surface area contributed by atoms with Crippen LogP contribution in [0.15, 0.2) is 23.1 Å². The van der Waals surface area contributed by atoms with Gasteiger partial charge in [-0.3, -0.25) is 0 Å². The van der Waals surface area contributed by atoms with Crippen LogP contribution in [0.5, 0.6) is 0 Å². The maximum Gasteiger partial charge on any atom is 0.409 e. The van der Waals surface area contributed by atoms with E-state index in [0.717, 1.165) is 18.2 Å². The van der Waals surface area contributed by atoms with Gasteiger partial charge in [-0.1, -0.05) is 0 Å². The molecule has 0 bridgehead atoms. The Morgan fingerprint density at radius 1 is 1.29 bits per heavy atom. The van der Waals surface area contributed by atoms with Gasteiger partial charge in [0, 0.05) is 26.2 Å². The molecule has 2 N–H and O–H groups in total. The number of methoxy groups -OCH3 is 1. The lowest BCUT2D eigenvalue weighted by molar-refractivity contribution is 0.108. The van der Waals surface area contributed by atoms with Crippen LogP contribution in [0.25, 0.3) is 0 Å². The summed E-state index contributed by atoms with van der Waals surface area (Å²) < 4.78 is 43.7. The number of rotatable bonds is 2. The number of nitrogen functional groups attached to an aromatic ring is 1. The van der Waals surface area contributed by atoms with Crippen LogP contribution < -0.4 is 5.73 Å². The molecule has 1 aliphatic rings. The Bertz CT molecular complexity index is 642. The van der Waals surface area contributed by atoms with E-state index >= 15 is 0 Å². The van der Waals surface area contributed by atoms with Gasteiger partial charge in [0.2, 0.25) is 10.0 Å². The predicted molar refractivity (Wildman–Crippen MR) is 73.5 cm³/mol. The van der Waals surface area contributed by atoms with Gasteiger partial charge in [-0.15, -0.1) is 0 Å². The number of halogens is 1. The van der Waals surface area contributed by atoms with Gasteiger partial charge < -0.3 is 15.4 Å². The van der Waals surface area contributed by atoms with Gasteiger partial charge in [-0.2, -0.15) is 4.31 Å². The molecule has 1 aliphatic heterocycles. The van der Waals surface area contributed by atoms with E-state index < -0.39 is 21.9 Å². The molecule has 1 aromatic carbocycles. The highest BCUT2D eigenvalue weighted by molar-refractivity contribution is 7.89. The van der Waals surface area contributed by atoms with Crippen LogP contribution >= 0.6 is 0 Å². The lowest BCUT2D eigenvalue weighted by Gasteiger charge is -2.33. The van der Waals surface area contributed by atoms with Crippen molar-refractivity contribution in [1.82, 2.24) is 9.21 Å². The summed E-state index contributed by atoms with van der Waals surface area (Å²) in [5, 5.41) is 0. The van der Waals surface area contributed by atoms with Crippen molar-refractivity contribution in [1.29, 1.82) is 0 Å². The van der Waals surface area contributed by atoms with Crippen LogP contribution in [0.3, 0.4) is 0 Å². The third-order valence-corrected chi connectivity index (χ3v) is 5.23. The molecule has 2 rings (SSSR count). The Morgan fingerprint density at radius 2 is 1.90 bits per heavy atom. The van der Waals surface area contributed by atoms with Crippen LogP contribution in [0.2, 0.25) is 0 Å². The molecule has 1 heterocycles. The fraction of sp³-hybridized carbons (Fsp3) is 0.417. The molecule has 7 nitrogen and oxygen atoms in total. The van der Waals surface area contributed by atoms with Gasteiger partial charge in [-0.25, -0.2) is 17.6 Å². The normalized spacial score (nSPS) is 16.8. The van der Waals surface area contributed by atoms with Crippen molar-refractivity contribution in [3.63, 3.8) is 0 Å². The highest BCUT2D eigenvalue weighted by Crippen LogP contribution is 2.24. The first-order chi connectivity index (χ1) is 9.86. The summed E-state index contributed by atoms with van der Waals surface area (Å²) in [4.78, 5) is 12.6. The van der Waals surface area contributed by atoms with Crippen molar-refractivity contribution in [2.45, 2.75) is 4.90 Å². The molecule has 0 aliphatic carbocycles. The number of sulfonamides is 1. The summed E-state index contributed by atoms with van der Waals surface area (Å²) in [7, 11) is -2.53. The third-order valence-electron chi connectivity index (χ3n) is 3.26. The second kappa shape index (κ2) is 5.86. The van der Waals surface area contributed by atoms with E-state index in [1.807, 2.05) is 0 Å². The van der Waals surface area contributed by atoms with Crippen molar-refractivity contribution in [3.8, 4) is 0 Å². The summed E-state index contributed by atoms with van der Waals surface area (Å²) in [5.41, 5.74) is 5.45. The Balaban J connectivity index is 2.17. The zero-order valence-electron chi connectivity index (χ0n) is 11.5. The number of anilines is 1.